The highest BCUT2D eigenvalue weighted by molar-refractivity contribution is 5.95. The smallest absolute Gasteiger partial charge is 0.342 e. The number of carbonyl (C=O) groups is 2. The van der Waals surface area contributed by atoms with Crippen molar-refractivity contribution < 1.29 is 43.9 Å². The standard InChI is InChI=1S/C20H26O9/c1-11(9-21)16(22)27-14-8-19(3,24)20(25)6-5-18(2,29-20)7-13-15(14)12(10-26-4)17(23)28-13/h7,14,21,24-25H,1,5-6,8-10H2,2-4H3/b13-7+/t14-,18+,19+,20-/m0/s1. The molecule has 0 aromatic carbocycles. The molecule has 1 saturated heterocycles. The first-order valence-electron chi connectivity index (χ1n) is 9.27. The minimum atomic E-state index is -1.90. The molecule has 3 heterocycles. The van der Waals surface area contributed by atoms with Crippen molar-refractivity contribution >= 4 is 11.9 Å². The first kappa shape index (κ1) is 21.7. The summed E-state index contributed by atoms with van der Waals surface area (Å²) in [5, 5.41) is 31.3. The summed E-state index contributed by atoms with van der Waals surface area (Å²) in [4.78, 5) is 24.8. The lowest BCUT2D eigenvalue weighted by Crippen LogP contribution is -2.54. The summed E-state index contributed by atoms with van der Waals surface area (Å²) >= 11 is 0. The molecule has 3 aliphatic heterocycles. The molecule has 0 aromatic heterocycles. The van der Waals surface area contributed by atoms with Crippen LogP contribution in [-0.4, -0.2) is 70.7 Å². The molecule has 160 valence electrons. The van der Waals surface area contributed by atoms with Crippen molar-refractivity contribution in [2.45, 2.75) is 56.2 Å². The summed E-state index contributed by atoms with van der Waals surface area (Å²) in [6.45, 7) is 5.79. The zero-order chi connectivity index (χ0) is 21.6. The Morgan fingerprint density at radius 3 is 2.66 bits per heavy atom. The normalized spacial score (nSPS) is 38.3. The van der Waals surface area contributed by atoms with Gasteiger partial charge >= 0.3 is 11.9 Å². The molecule has 29 heavy (non-hydrogen) atoms. The van der Waals surface area contributed by atoms with Gasteiger partial charge in [0, 0.05) is 25.5 Å². The molecule has 0 aliphatic carbocycles. The van der Waals surface area contributed by atoms with E-state index >= 15 is 0 Å². The molecule has 3 aliphatic rings. The van der Waals surface area contributed by atoms with Crippen LogP contribution in [0.5, 0.6) is 0 Å². The number of hydrogen-bond donors (Lipinski definition) is 3. The predicted octanol–water partition coefficient (Wildman–Crippen LogP) is 0.243. The number of fused-ring (bicyclic) bond motifs is 3. The van der Waals surface area contributed by atoms with E-state index in [4.69, 9.17) is 18.9 Å². The third kappa shape index (κ3) is 3.76. The molecule has 0 unspecified atom stereocenters. The van der Waals surface area contributed by atoms with E-state index in [1.165, 1.54) is 14.0 Å². The summed E-state index contributed by atoms with van der Waals surface area (Å²) in [6.07, 6.45) is 0.575. The Morgan fingerprint density at radius 2 is 2.03 bits per heavy atom. The van der Waals surface area contributed by atoms with Gasteiger partial charge in [-0.1, -0.05) is 6.58 Å². The van der Waals surface area contributed by atoms with Crippen molar-refractivity contribution in [1.82, 2.24) is 0 Å². The third-order valence-electron chi connectivity index (χ3n) is 5.60. The van der Waals surface area contributed by atoms with Gasteiger partial charge in [-0.3, -0.25) is 0 Å². The van der Waals surface area contributed by atoms with Crippen LogP contribution >= 0.6 is 0 Å². The molecule has 0 spiro atoms. The first-order chi connectivity index (χ1) is 13.5. The van der Waals surface area contributed by atoms with Gasteiger partial charge in [0.25, 0.3) is 0 Å². The second-order valence-electron chi connectivity index (χ2n) is 8.06. The van der Waals surface area contributed by atoms with Gasteiger partial charge in [0.15, 0.2) is 5.79 Å². The Morgan fingerprint density at radius 1 is 1.34 bits per heavy atom. The molecule has 0 saturated carbocycles. The van der Waals surface area contributed by atoms with E-state index < -0.39 is 41.6 Å². The van der Waals surface area contributed by atoms with Crippen LogP contribution in [0.15, 0.2) is 35.1 Å². The molecule has 1 fully saturated rings. The largest absolute Gasteiger partial charge is 0.454 e. The number of ether oxygens (including phenoxy) is 4. The quantitative estimate of drug-likeness (QED) is 0.431. The molecule has 0 radical (unpaired) electrons. The zero-order valence-corrected chi connectivity index (χ0v) is 16.7. The number of rotatable bonds is 5. The summed E-state index contributed by atoms with van der Waals surface area (Å²) in [5.74, 6) is -3.34. The summed E-state index contributed by atoms with van der Waals surface area (Å²) < 4.78 is 21.8. The van der Waals surface area contributed by atoms with Crippen LogP contribution in [0.4, 0.5) is 0 Å². The predicted molar refractivity (Wildman–Crippen MR) is 98.1 cm³/mol. The fraction of sp³-hybridized carbons (Fsp3) is 0.600. The monoisotopic (exact) mass is 410 g/mol. The van der Waals surface area contributed by atoms with Crippen molar-refractivity contribution in [2.24, 2.45) is 0 Å². The average Bonchev–Trinajstić information content (AvgIpc) is 3.11. The van der Waals surface area contributed by atoms with E-state index in [-0.39, 0.29) is 41.9 Å². The molecule has 9 nitrogen and oxygen atoms in total. The van der Waals surface area contributed by atoms with E-state index in [1.807, 2.05) is 0 Å². The fourth-order valence-electron chi connectivity index (χ4n) is 3.88. The van der Waals surface area contributed by atoms with Crippen LogP contribution in [-0.2, 0) is 28.5 Å². The lowest BCUT2D eigenvalue weighted by atomic mass is 9.82. The number of aliphatic hydroxyl groups excluding tert-OH is 1. The number of carbonyl (C=O) groups excluding carboxylic acids is 2. The van der Waals surface area contributed by atoms with Crippen molar-refractivity contribution in [3.05, 3.63) is 35.1 Å². The minimum absolute atomic E-state index is 0.107. The van der Waals surface area contributed by atoms with Crippen LogP contribution in [0.25, 0.3) is 0 Å². The van der Waals surface area contributed by atoms with Gasteiger partial charge in [0.1, 0.15) is 17.5 Å². The minimum Gasteiger partial charge on any atom is -0.454 e. The Kier molecular flexibility index (Phi) is 5.48. The first-order valence-corrected chi connectivity index (χ1v) is 9.27. The number of aliphatic hydroxyl groups is 3. The van der Waals surface area contributed by atoms with Crippen LogP contribution < -0.4 is 0 Å². The molecule has 2 bridgehead atoms. The van der Waals surface area contributed by atoms with Gasteiger partial charge in [-0.25, -0.2) is 9.59 Å². The highest BCUT2D eigenvalue weighted by atomic mass is 16.7. The molecule has 3 N–H and O–H groups in total. The van der Waals surface area contributed by atoms with Gasteiger partial charge in [0.2, 0.25) is 0 Å². The summed E-state index contributed by atoms with van der Waals surface area (Å²) in [5.41, 5.74) is -2.68. The maximum absolute atomic E-state index is 12.4. The van der Waals surface area contributed by atoms with E-state index in [1.54, 1.807) is 13.0 Å². The van der Waals surface area contributed by atoms with Crippen molar-refractivity contribution in [1.29, 1.82) is 0 Å². The van der Waals surface area contributed by atoms with Gasteiger partial charge in [-0.2, -0.15) is 0 Å². The van der Waals surface area contributed by atoms with Crippen LogP contribution in [0, 0.1) is 0 Å². The highest BCUT2D eigenvalue weighted by Crippen LogP contribution is 2.49. The van der Waals surface area contributed by atoms with Crippen LogP contribution in [0.2, 0.25) is 0 Å². The Labute approximate surface area is 168 Å². The maximum Gasteiger partial charge on any atom is 0.342 e. The van der Waals surface area contributed by atoms with Gasteiger partial charge in [0.05, 0.1) is 30.0 Å². The Bertz CT molecular complexity index is 809. The summed E-state index contributed by atoms with van der Waals surface area (Å²) in [6, 6.07) is 0. The number of methoxy groups -OCH3 is 1. The van der Waals surface area contributed by atoms with Gasteiger partial charge in [-0.05, 0) is 26.3 Å². The molecular weight excluding hydrogens is 384 g/mol. The fourth-order valence-corrected chi connectivity index (χ4v) is 3.88. The maximum atomic E-state index is 12.4. The zero-order valence-electron chi connectivity index (χ0n) is 16.7. The van der Waals surface area contributed by atoms with E-state index in [2.05, 4.69) is 6.58 Å². The van der Waals surface area contributed by atoms with E-state index in [0.29, 0.717) is 6.42 Å². The Hall–Kier alpha value is -2.04. The molecule has 0 amide bonds. The second-order valence-corrected chi connectivity index (χ2v) is 8.06. The lowest BCUT2D eigenvalue weighted by molar-refractivity contribution is -0.298. The van der Waals surface area contributed by atoms with Crippen LogP contribution in [0.3, 0.4) is 0 Å². The second kappa shape index (κ2) is 7.33. The summed E-state index contributed by atoms with van der Waals surface area (Å²) in [7, 11) is 1.40. The SMILES string of the molecule is C=C(CO)C(=O)O[C@H]1C[C@@](C)(O)[C@]2(O)CC[C@](C)(/C=C3/OC(=O)C(COC)=C31)O2. The Balaban J connectivity index is 2.16. The number of esters is 2. The van der Waals surface area contributed by atoms with Crippen LogP contribution in [0.1, 0.15) is 33.1 Å². The molecule has 4 atom stereocenters. The van der Waals surface area contributed by atoms with Crippen molar-refractivity contribution in [3.63, 3.8) is 0 Å². The molecule has 0 aromatic rings. The average molecular weight is 410 g/mol. The topological polar surface area (TPSA) is 132 Å². The van der Waals surface area contributed by atoms with Crippen molar-refractivity contribution in [2.75, 3.05) is 20.3 Å². The molecular formula is C20H26O9. The number of hydrogen-bond acceptors (Lipinski definition) is 9. The molecule has 9 heteroatoms. The van der Waals surface area contributed by atoms with Gasteiger partial charge < -0.3 is 34.3 Å². The van der Waals surface area contributed by atoms with E-state index in [9.17, 15) is 24.9 Å². The lowest BCUT2D eigenvalue weighted by Gasteiger charge is -2.40. The van der Waals surface area contributed by atoms with E-state index in [0.717, 1.165) is 0 Å². The molecule has 3 rings (SSSR count). The third-order valence-corrected chi connectivity index (χ3v) is 5.60. The highest BCUT2D eigenvalue weighted by Gasteiger charge is 2.58. The van der Waals surface area contributed by atoms with Crippen molar-refractivity contribution in [3.8, 4) is 0 Å². The van der Waals surface area contributed by atoms with Gasteiger partial charge in [-0.15, -0.1) is 0 Å².